The summed E-state index contributed by atoms with van der Waals surface area (Å²) in [6.45, 7) is -0.892. The largest absolute Gasteiger partial charge is 0.460 e. The molecule has 0 aliphatic rings. The van der Waals surface area contributed by atoms with Crippen LogP contribution in [0.1, 0.15) is 26.2 Å². The van der Waals surface area contributed by atoms with E-state index in [9.17, 15) is 45.0 Å². The Morgan fingerprint density at radius 1 is 1.04 bits per heavy atom. The second kappa shape index (κ2) is 8.98. The van der Waals surface area contributed by atoms with E-state index in [0.717, 1.165) is 6.08 Å². The van der Waals surface area contributed by atoms with Gasteiger partial charge in [0.15, 0.2) is 0 Å². The highest BCUT2D eigenvalue weighted by Gasteiger charge is 2.79. The summed E-state index contributed by atoms with van der Waals surface area (Å²) in [5, 5.41) is 17.5. The van der Waals surface area contributed by atoms with Crippen LogP contribution in [-0.4, -0.2) is 59.2 Å². The lowest BCUT2D eigenvalue weighted by Crippen LogP contribution is -2.62. The zero-order chi connectivity index (χ0) is 20.8. The zero-order valence-electron chi connectivity index (χ0n) is 13.5. The maximum absolute atomic E-state index is 13.5. The van der Waals surface area contributed by atoms with Crippen LogP contribution in [0.15, 0.2) is 12.2 Å². The van der Waals surface area contributed by atoms with E-state index in [4.69, 9.17) is 5.11 Å². The Balaban J connectivity index is 5.24. The fourth-order valence-corrected chi connectivity index (χ4v) is 1.76. The average molecular weight is 402 g/mol. The maximum atomic E-state index is 13.5. The Kier molecular flexibility index (Phi) is 8.48. The Labute approximate surface area is 143 Å². The van der Waals surface area contributed by atoms with E-state index in [2.05, 4.69) is 4.74 Å². The van der Waals surface area contributed by atoms with Gasteiger partial charge in [-0.1, -0.05) is 6.08 Å². The molecule has 0 rings (SSSR count). The third-order valence-corrected chi connectivity index (χ3v) is 3.17. The van der Waals surface area contributed by atoms with Crippen LogP contribution in [0.5, 0.6) is 0 Å². The summed E-state index contributed by atoms with van der Waals surface area (Å²) in [5.41, 5.74) is 0. The highest BCUT2D eigenvalue weighted by molar-refractivity contribution is 5.81. The first-order chi connectivity index (χ1) is 11.7. The number of aliphatic hydroxyl groups excluding tert-OH is 2. The third-order valence-electron chi connectivity index (χ3n) is 3.17. The number of esters is 1. The van der Waals surface area contributed by atoms with E-state index in [-0.39, 0.29) is 0 Å². The highest BCUT2D eigenvalue weighted by atomic mass is 19.4. The Bertz CT molecular complexity index is 493. The summed E-state index contributed by atoms with van der Waals surface area (Å²) < 4.78 is 112. The van der Waals surface area contributed by atoms with Gasteiger partial charge in [-0.05, 0) is 13.3 Å². The lowest BCUT2D eigenvalue weighted by molar-refractivity contribution is -0.370. The van der Waals surface area contributed by atoms with Crippen LogP contribution in [0.25, 0.3) is 0 Å². The number of hydrogen-bond acceptors (Lipinski definition) is 4. The minimum absolute atomic E-state index is 0.801. The smallest absolute Gasteiger partial charge is 0.378 e. The second-order valence-corrected chi connectivity index (χ2v) is 5.37. The molecule has 0 spiro atoms. The normalized spacial score (nSPS) is 15.3. The molecule has 2 N–H and O–H groups in total. The van der Waals surface area contributed by atoms with Crippen molar-refractivity contribution >= 4 is 5.97 Å². The van der Waals surface area contributed by atoms with Gasteiger partial charge in [0.2, 0.25) is 0 Å². The molecule has 26 heavy (non-hydrogen) atoms. The summed E-state index contributed by atoms with van der Waals surface area (Å²) in [7, 11) is 0. The molecule has 0 saturated heterocycles. The standard InChI is InChI=1S/C14H18F8O4/c1-2-4-10(25)26-8-9(24)7-12(17,18)14(21,22)13(19,20)11(15,16)5-3-6-23/h2,4,9,23-24H,3,5-8H2,1H3. The number of hydrogen-bond donors (Lipinski definition) is 2. The highest BCUT2D eigenvalue weighted by Crippen LogP contribution is 2.55. The quantitative estimate of drug-likeness (QED) is 0.317. The van der Waals surface area contributed by atoms with Crippen LogP contribution in [0, 0.1) is 0 Å². The molecule has 4 nitrogen and oxygen atoms in total. The molecular weight excluding hydrogens is 384 g/mol. The Hall–Kier alpha value is -1.43. The predicted octanol–water partition coefficient (Wildman–Crippen LogP) is 3.17. The van der Waals surface area contributed by atoms with Crippen LogP contribution in [0.2, 0.25) is 0 Å². The van der Waals surface area contributed by atoms with E-state index >= 15 is 0 Å². The van der Waals surface area contributed by atoms with Crippen molar-refractivity contribution in [3.8, 4) is 0 Å². The van der Waals surface area contributed by atoms with Gasteiger partial charge in [0.25, 0.3) is 0 Å². The minimum Gasteiger partial charge on any atom is -0.460 e. The zero-order valence-corrected chi connectivity index (χ0v) is 13.5. The molecule has 0 aromatic heterocycles. The molecule has 0 aliphatic heterocycles. The molecule has 0 radical (unpaired) electrons. The van der Waals surface area contributed by atoms with Gasteiger partial charge in [-0.25, -0.2) is 4.79 Å². The van der Waals surface area contributed by atoms with Crippen molar-refractivity contribution in [2.24, 2.45) is 0 Å². The number of alkyl halides is 8. The molecular formula is C14H18F8O4. The number of allylic oxidation sites excluding steroid dienone is 1. The van der Waals surface area contributed by atoms with Gasteiger partial charge in [-0.2, -0.15) is 35.1 Å². The number of aliphatic hydroxyl groups is 2. The van der Waals surface area contributed by atoms with Gasteiger partial charge in [0.1, 0.15) is 6.61 Å². The fourth-order valence-electron chi connectivity index (χ4n) is 1.76. The van der Waals surface area contributed by atoms with Crippen molar-refractivity contribution in [3.05, 3.63) is 12.2 Å². The van der Waals surface area contributed by atoms with E-state index in [1.54, 1.807) is 0 Å². The van der Waals surface area contributed by atoms with Gasteiger partial charge in [-0.3, -0.25) is 0 Å². The van der Waals surface area contributed by atoms with E-state index in [0.29, 0.717) is 0 Å². The van der Waals surface area contributed by atoms with Gasteiger partial charge >= 0.3 is 29.7 Å². The van der Waals surface area contributed by atoms with Crippen molar-refractivity contribution in [2.75, 3.05) is 13.2 Å². The van der Waals surface area contributed by atoms with Crippen LogP contribution < -0.4 is 0 Å². The van der Waals surface area contributed by atoms with Crippen LogP contribution in [0.4, 0.5) is 35.1 Å². The van der Waals surface area contributed by atoms with Crippen molar-refractivity contribution in [3.63, 3.8) is 0 Å². The van der Waals surface area contributed by atoms with E-state index in [1.807, 2.05) is 0 Å². The third kappa shape index (κ3) is 5.53. The number of halogens is 8. The molecule has 0 bridgehead atoms. The number of carbonyl (C=O) groups excluding carboxylic acids is 1. The first kappa shape index (κ1) is 24.6. The molecule has 0 heterocycles. The van der Waals surface area contributed by atoms with Crippen molar-refractivity contribution in [2.45, 2.75) is 56.0 Å². The molecule has 0 fully saturated rings. The molecule has 0 aromatic rings. The second-order valence-electron chi connectivity index (χ2n) is 5.37. The molecule has 0 aromatic carbocycles. The molecule has 1 unspecified atom stereocenters. The van der Waals surface area contributed by atoms with Crippen molar-refractivity contribution in [1.29, 1.82) is 0 Å². The van der Waals surface area contributed by atoms with Crippen LogP contribution >= 0.6 is 0 Å². The summed E-state index contributed by atoms with van der Waals surface area (Å²) in [6.07, 6.45) is -5.86. The SMILES string of the molecule is CC=CC(=O)OCC(O)CC(F)(F)C(F)(F)C(F)(F)C(F)(F)CCCO. The lowest BCUT2D eigenvalue weighted by atomic mass is 9.93. The number of carbonyl (C=O) groups is 1. The summed E-state index contributed by atoms with van der Waals surface area (Å²) in [5.74, 6) is -25.4. The van der Waals surface area contributed by atoms with Crippen molar-refractivity contribution in [1.82, 2.24) is 0 Å². The Morgan fingerprint density at radius 3 is 2.00 bits per heavy atom. The molecule has 0 amide bonds. The molecule has 154 valence electrons. The van der Waals surface area contributed by atoms with E-state index in [1.165, 1.54) is 13.0 Å². The first-order valence-corrected chi connectivity index (χ1v) is 7.26. The molecule has 0 saturated carbocycles. The molecule has 12 heteroatoms. The monoisotopic (exact) mass is 402 g/mol. The predicted molar refractivity (Wildman–Crippen MR) is 72.5 cm³/mol. The summed E-state index contributed by atoms with van der Waals surface area (Å²) >= 11 is 0. The average Bonchev–Trinajstić information content (AvgIpc) is 2.50. The topological polar surface area (TPSA) is 66.8 Å². The first-order valence-electron chi connectivity index (χ1n) is 7.26. The maximum Gasteiger partial charge on any atom is 0.378 e. The van der Waals surface area contributed by atoms with Crippen LogP contribution in [0.3, 0.4) is 0 Å². The van der Waals surface area contributed by atoms with Crippen molar-refractivity contribution < 1.29 is 54.9 Å². The van der Waals surface area contributed by atoms with Gasteiger partial charge in [-0.15, -0.1) is 0 Å². The van der Waals surface area contributed by atoms with Gasteiger partial charge < -0.3 is 14.9 Å². The molecule has 1 atom stereocenters. The summed E-state index contributed by atoms with van der Waals surface area (Å²) in [6, 6.07) is 0. The summed E-state index contributed by atoms with van der Waals surface area (Å²) in [4.78, 5) is 10.9. The van der Waals surface area contributed by atoms with Gasteiger partial charge in [0, 0.05) is 25.5 Å². The fraction of sp³-hybridized carbons (Fsp3) is 0.786. The lowest BCUT2D eigenvalue weighted by Gasteiger charge is -2.37. The van der Waals surface area contributed by atoms with Crippen LogP contribution in [-0.2, 0) is 9.53 Å². The number of rotatable bonds is 11. The molecule has 0 aliphatic carbocycles. The minimum atomic E-state index is -6.52. The van der Waals surface area contributed by atoms with E-state index < -0.39 is 68.2 Å². The van der Waals surface area contributed by atoms with Gasteiger partial charge in [0.05, 0.1) is 6.10 Å². The number of ether oxygens (including phenoxy) is 1. The Morgan fingerprint density at radius 2 is 1.54 bits per heavy atom.